The summed E-state index contributed by atoms with van der Waals surface area (Å²) < 4.78 is 51.8. The summed E-state index contributed by atoms with van der Waals surface area (Å²) in [4.78, 5) is 12.6. The van der Waals surface area contributed by atoms with Gasteiger partial charge in [0, 0.05) is 23.8 Å². The zero-order valence-corrected chi connectivity index (χ0v) is 34.7. The molecule has 4 heterocycles. The summed E-state index contributed by atoms with van der Waals surface area (Å²) in [7, 11) is 1.34. The number of aromatic hydroxyl groups is 3. The average Bonchev–Trinajstić information content (AvgIpc) is 3.30. The topological polar surface area (TPSA) is 363 Å². The van der Waals surface area contributed by atoms with Crippen molar-refractivity contribution < 1.29 is 114 Å². The lowest BCUT2D eigenvalue weighted by Crippen LogP contribution is -2.64. The van der Waals surface area contributed by atoms with Crippen molar-refractivity contribution in [3.8, 4) is 34.5 Å². The van der Waals surface area contributed by atoms with E-state index in [0.717, 1.165) is 12.1 Å². The van der Waals surface area contributed by atoms with Crippen LogP contribution >= 0.6 is 0 Å². The first-order valence-electron chi connectivity index (χ1n) is 20.4. The molecule has 66 heavy (non-hydrogen) atoms. The Hall–Kier alpha value is -5.35. The number of rotatable bonds is 14. The maximum absolute atomic E-state index is 12.6. The summed E-state index contributed by atoms with van der Waals surface area (Å²) in [6.45, 7) is -2.34. The summed E-state index contributed by atoms with van der Waals surface area (Å²) in [5, 5.41) is 137. The lowest BCUT2D eigenvalue weighted by Gasteiger charge is -2.46. The molecule has 360 valence electrons. The van der Waals surface area contributed by atoms with Gasteiger partial charge in [-0.15, -0.1) is 0 Å². The maximum atomic E-state index is 12.6. The third-order valence-electron chi connectivity index (χ3n) is 11.2. The van der Waals surface area contributed by atoms with Crippen LogP contribution in [0.4, 0.5) is 0 Å². The van der Waals surface area contributed by atoms with Crippen LogP contribution in [-0.2, 0) is 33.2 Å². The molecule has 0 spiro atoms. The monoisotopic (exact) mass is 934 g/mol. The molecule has 3 saturated heterocycles. The van der Waals surface area contributed by atoms with E-state index >= 15 is 0 Å². The summed E-state index contributed by atoms with van der Waals surface area (Å²) >= 11 is 0. The van der Waals surface area contributed by atoms with Gasteiger partial charge >= 0.3 is 5.97 Å². The normalized spacial score (nSPS) is 34.4. The Morgan fingerprint density at radius 2 is 1.27 bits per heavy atom. The fraction of sp³-hybridized carbons (Fsp3) is 0.465. The highest BCUT2D eigenvalue weighted by Gasteiger charge is 2.52. The quantitative estimate of drug-likeness (QED) is 0.0581. The Balaban J connectivity index is 1.16. The third kappa shape index (κ3) is 10.3. The standard InChI is InChI=1S/C43H50O23/c1-58-25-10-17(2-8-22(25)48)3-9-30(49)59-16-29-33(52)35(54)38(57)42(65-29)66-40-36(55)32(51)28(15-45)64-43(40)62-26-13-21-23(60-39(26)18-4-6-19(46)7-5-18)11-20(47)12-24(21)61-41-37(56)34(53)31(50)27(14-44)63-41/h2-13,27-29,31-48,50-57H,14-16H2,1H3/b9-3-/t27-,28-,29-,31-,32-,33-,34+,35+,36+,37-,38-,39?,40-,41-,42+,43-/m1/s1. The first-order valence-corrected chi connectivity index (χ1v) is 20.4. The van der Waals surface area contributed by atoms with Gasteiger partial charge < -0.3 is 109 Å². The zero-order valence-electron chi connectivity index (χ0n) is 34.7. The number of esters is 1. The molecule has 3 aromatic rings. The molecule has 7 rings (SSSR count). The number of benzene rings is 3. The Kier molecular flexibility index (Phi) is 15.2. The van der Waals surface area contributed by atoms with Crippen LogP contribution in [0.5, 0.6) is 34.5 Å². The highest BCUT2D eigenvalue weighted by molar-refractivity contribution is 5.87. The number of ether oxygens (including phenoxy) is 9. The van der Waals surface area contributed by atoms with Gasteiger partial charge in [-0.1, -0.05) is 18.2 Å². The van der Waals surface area contributed by atoms with Gasteiger partial charge in [-0.3, -0.25) is 0 Å². The summed E-state index contributed by atoms with van der Waals surface area (Å²) in [6.07, 6.45) is -24.6. The largest absolute Gasteiger partial charge is 0.508 e. The van der Waals surface area contributed by atoms with E-state index < -0.39 is 130 Å². The lowest BCUT2D eigenvalue weighted by atomic mass is 9.97. The highest BCUT2D eigenvalue weighted by atomic mass is 16.8. The van der Waals surface area contributed by atoms with Crippen molar-refractivity contribution in [2.45, 2.75) is 98.2 Å². The molecule has 4 aliphatic rings. The minimum absolute atomic E-state index is 0.000490. The van der Waals surface area contributed by atoms with Gasteiger partial charge in [-0.2, -0.15) is 0 Å². The van der Waals surface area contributed by atoms with Crippen LogP contribution in [0.2, 0.25) is 0 Å². The van der Waals surface area contributed by atoms with E-state index in [1.54, 1.807) is 0 Å². The second-order valence-corrected chi connectivity index (χ2v) is 15.6. The summed E-state index contributed by atoms with van der Waals surface area (Å²) in [5.74, 6) is -1.97. The molecule has 1 unspecified atom stereocenters. The van der Waals surface area contributed by atoms with E-state index in [9.17, 15) is 71.2 Å². The zero-order chi connectivity index (χ0) is 47.6. The van der Waals surface area contributed by atoms with Gasteiger partial charge in [-0.05, 0) is 42.0 Å². The number of carbonyl (C=O) groups excluding carboxylic acids is 1. The van der Waals surface area contributed by atoms with Gasteiger partial charge in [0.05, 0.1) is 25.9 Å². The van der Waals surface area contributed by atoms with Gasteiger partial charge in [-0.25, -0.2) is 4.79 Å². The molecule has 3 aromatic carbocycles. The first-order chi connectivity index (χ1) is 31.5. The fourth-order valence-corrected chi connectivity index (χ4v) is 7.52. The molecule has 0 bridgehead atoms. The van der Waals surface area contributed by atoms with Crippen LogP contribution in [0.15, 0.2) is 66.4 Å². The molecule has 13 N–H and O–H groups in total. The van der Waals surface area contributed by atoms with Crippen LogP contribution in [0, 0.1) is 0 Å². The van der Waals surface area contributed by atoms with Crippen molar-refractivity contribution in [2.24, 2.45) is 0 Å². The molecule has 0 amide bonds. The van der Waals surface area contributed by atoms with Crippen LogP contribution in [0.25, 0.3) is 12.2 Å². The number of aliphatic hydroxyl groups excluding tert-OH is 10. The van der Waals surface area contributed by atoms with Gasteiger partial charge in [0.2, 0.25) is 12.6 Å². The van der Waals surface area contributed by atoms with Crippen molar-refractivity contribution >= 4 is 18.1 Å². The molecule has 0 aliphatic carbocycles. The minimum atomic E-state index is -2.04. The smallest absolute Gasteiger partial charge is 0.330 e. The van der Waals surface area contributed by atoms with E-state index in [1.165, 1.54) is 67.8 Å². The molecular weight excluding hydrogens is 884 g/mol. The van der Waals surface area contributed by atoms with Crippen LogP contribution < -0.4 is 14.2 Å². The molecule has 23 heteroatoms. The molecule has 4 aliphatic heterocycles. The number of aliphatic hydroxyl groups is 10. The second-order valence-electron chi connectivity index (χ2n) is 15.6. The number of hydrogen-bond acceptors (Lipinski definition) is 23. The van der Waals surface area contributed by atoms with Crippen LogP contribution in [-0.4, -0.2) is 191 Å². The van der Waals surface area contributed by atoms with Crippen LogP contribution in [0.3, 0.4) is 0 Å². The first kappa shape index (κ1) is 48.6. The fourth-order valence-electron chi connectivity index (χ4n) is 7.52. The predicted octanol–water partition coefficient (Wildman–Crippen LogP) is -2.63. The second kappa shape index (κ2) is 20.7. The Bertz CT molecular complexity index is 2200. The number of phenols is 3. The average molecular weight is 935 g/mol. The number of hydrogen-bond donors (Lipinski definition) is 13. The number of fused-ring (bicyclic) bond motifs is 1. The van der Waals surface area contributed by atoms with E-state index in [4.69, 9.17) is 42.6 Å². The highest BCUT2D eigenvalue weighted by Crippen LogP contribution is 2.46. The molecule has 23 nitrogen and oxygen atoms in total. The van der Waals surface area contributed by atoms with Crippen molar-refractivity contribution in [3.05, 3.63) is 83.1 Å². The lowest BCUT2D eigenvalue weighted by molar-refractivity contribution is -0.364. The SMILES string of the molecule is COc1cc(/C=C\C(=O)OC[C@H]2O[C@@H](O[C@H]3[C@H](OC4=Cc5c(cc(O)cc5O[C@@H]5O[C@H](CO)[C@@H](O)[C@H](O)[C@H]5O)OC4c4ccc(O)cc4)O[C@H](CO)[C@@H](O)[C@@H]3O)[C@H](O)[C@@H](O)[C@@H]2O)ccc1O. The van der Waals surface area contributed by atoms with E-state index in [0.29, 0.717) is 11.1 Å². The number of carbonyl (C=O) groups is 1. The predicted molar refractivity (Wildman–Crippen MR) is 217 cm³/mol. The van der Waals surface area contributed by atoms with Crippen LogP contribution in [0.1, 0.15) is 22.8 Å². The molecular formula is C43H50O23. The Morgan fingerprint density at radius 3 is 1.94 bits per heavy atom. The number of methoxy groups -OCH3 is 1. The summed E-state index contributed by atoms with van der Waals surface area (Å²) in [6, 6.07) is 12.1. The summed E-state index contributed by atoms with van der Waals surface area (Å²) in [5.41, 5.74) is 0.768. The molecule has 0 radical (unpaired) electrons. The maximum Gasteiger partial charge on any atom is 0.330 e. The van der Waals surface area contributed by atoms with Crippen molar-refractivity contribution in [1.29, 1.82) is 0 Å². The van der Waals surface area contributed by atoms with Gasteiger partial charge in [0.1, 0.15) is 103 Å². The Labute approximate surface area is 374 Å². The van der Waals surface area contributed by atoms with Crippen molar-refractivity contribution in [3.63, 3.8) is 0 Å². The van der Waals surface area contributed by atoms with Gasteiger partial charge in [0.25, 0.3) is 0 Å². The van der Waals surface area contributed by atoms with E-state index in [1.807, 2.05) is 0 Å². The number of phenolic OH excluding ortho intramolecular Hbond substituents is 3. The molecule has 0 saturated carbocycles. The molecule has 16 atom stereocenters. The van der Waals surface area contributed by atoms with Crippen molar-refractivity contribution in [2.75, 3.05) is 26.9 Å². The van der Waals surface area contributed by atoms with Crippen molar-refractivity contribution in [1.82, 2.24) is 0 Å². The molecule has 3 fully saturated rings. The minimum Gasteiger partial charge on any atom is -0.508 e. The van der Waals surface area contributed by atoms with Gasteiger partial charge in [0.15, 0.2) is 30.0 Å². The van der Waals surface area contributed by atoms with E-state index in [2.05, 4.69) is 0 Å². The Morgan fingerprint density at radius 1 is 0.652 bits per heavy atom. The molecule has 0 aromatic heterocycles. The third-order valence-corrected chi connectivity index (χ3v) is 11.2. The van der Waals surface area contributed by atoms with E-state index in [-0.39, 0.29) is 40.1 Å².